The Bertz CT molecular complexity index is 1170. The standard InChI is InChI=1S/C16H14N4O6S2/c17-9-4-5-14(13(18)6-9)20-19-10-7-12-11(16(8-10)28(22,23)24)2-1-3-15(12)27-26-25-21/h1-8,21H,17-18H2,(H,22,23,24). The molecule has 12 heteroatoms. The predicted octanol–water partition coefficient (Wildman–Crippen LogP) is 4.09. The Hall–Kier alpha value is -2.74. The first-order valence-corrected chi connectivity index (χ1v) is 9.73. The van der Waals surface area contributed by atoms with E-state index in [0.717, 1.165) is 0 Å². The zero-order valence-electron chi connectivity index (χ0n) is 14.0. The van der Waals surface area contributed by atoms with Crippen LogP contribution in [0.3, 0.4) is 0 Å². The predicted molar refractivity (Wildman–Crippen MR) is 104 cm³/mol. The van der Waals surface area contributed by atoms with Crippen LogP contribution in [0.5, 0.6) is 0 Å². The van der Waals surface area contributed by atoms with Gasteiger partial charge in [-0.15, -0.1) is 9.45 Å². The number of nitrogens with two attached hydrogens (primary N) is 2. The molecule has 3 aromatic rings. The molecule has 28 heavy (non-hydrogen) atoms. The van der Waals surface area contributed by atoms with Gasteiger partial charge in [0.15, 0.2) is 0 Å². The summed E-state index contributed by atoms with van der Waals surface area (Å²) in [7, 11) is -4.56. The Morgan fingerprint density at radius 1 is 1.00 bits per heavy atom. The van der Waals surface area contributed by atoms with Crippen LogP contribution in [0.15, 0.2) is 68.6 Å². The third-order valence-corrected chi connectivity index (χ3v) is 5.22. The van der Waals surface area contributed by atoms with Crippen LogP contribution in [-0.2, 0) is 19.5 Å². The summed E-state index contributed by atoms with van der Waals surface area (Å²) in [5, 5.41) is 20.6. The number of azo groups is 1. The van der Waals surface area contributed by atoms with Crippen molar-refractivity contribution < 1.29 is 27.6 Å². The molecule has 0 aliphatic rings. The summed E-state index contributed by atoms with van der Waals surface area (Å²) in [5.74, 6) is 0. The minimum Gasteiger partial charge on any atom is -0.399 e. The molecule has 0 saturated heterocycles. The van der Waals surface area contributed by atoms with E-state index in [9.17, 15) is 13.0 Å². The van der Waals surface area contributed by atoms with Crippen molar-refractivity contribution in [3.05, 3.63) is 48.5 Å². The lowest BCUT2D eigenvalue weighted by Crippen LogP contribution is -1.99. The zero-order valence-corrected chi connectivity index (χ0v) is 15.6. The summed E-state index contributed by atoms with van der Waals surface area (Å²) in [5.41, 5.74) is 12.7. The molecule has 3 rings (SSSR count). The summed E-state index contributed by atoms with van der Waals surface area (Å²) < 4.78 is 37.7. The number of fused-ring (bicyclic) bond motifs is 1. The maximum Gasteiger partial charge on any atom is 0.295 e. The summed E-state index contributed by atoms with van der Waals surface area (Å²) in [4.78, 5) is 0.0390. The highest BCUT2D eigenvalue weighted by Crippen LogP contribution is 2.36. The van der Waals surface area contributed by atoms with E-state index in [-0.39, 0.29) is 16.0 Å². The smallest absolute Gasteiger partial charge is 0.295 e. The lowest BCUT2D eigenvalue weighted by atomic mass is 10.1. The number of rotatable bonds is 6. The van der Waals surface area contributed by atoms with E-state index in [2.05, 4.69) is 19.6 Å². The van der Waals surface area contributed by atoms with Crippen LogP contribution in [0, 0.1) is 0 Å². The molecule has 0 bridgehead atoms. The van der Waals surface area contributed by atoms with Gasteiger partial charge in [0, 0.05) is 21.4 Å². The van der Waals surface area contributed by atoms with Crippen molar-refractivity contribution in [2.24, 2.45) is 10.2 Å². The topological polar surface area (TPSA) is 170 Å². The first kappa shape index (κ1) is 20.0. The number of nitrogen functional groups attached to an aromatic ring is 2. The van der Waals surface area contributed by atoms with Crippen molar-refractivity contribution in [3.8, 4) is 0 Å². The van der Waals surface area contributed by atoms with E-state index in [4.69, 9.17) is 16.7 Å². The van der Waals surface area contributed by atoms with Crippen molar-refractivity contribution in [2.45, 2.75) is 9.79 Å². The second kappa shape index (κ2) is 8.10. The lowest BCUT2D eigenvalue weighted by Gasteiger charge is -2.09. The normalized spacial score (nSPS) is 12.1. The largest absolute Gasteiger partial charge is 0.399 e. The van der Waals surface area contributed by atoms with E-state index in [0.29, 0.717) is 39.4 Å². The van der Waals surface area contributed by atoms with Gasteiger partial charge in [-0.05, 0) is 36.4 Å². The third-order valence-electron chi connectivity index (χ3n) is 3.66. The number of hydrogen-bond acceptors (Lipinski definition) is 10. The fourth-order valence-corrected chi connectivity index (χ4v) is 3.70. The molecule has 0 spiro atoms. The van der Waals surface area contributed by atoms with E-state index < -0.39 is 10.1 Å². The van der Waals surface area contributed by atoms with E-state index in [1.807, 2.05) is 0 Å². The van der Waals surface area contributed by atoms with Gasteiger partial charge in [0.25, 0.3) is 10.1 Å². The van der Waals surface area contributed by atoms with Gasteiger partial charge >= 0.3 is 0 Å². The first-order chi connectivity index (χ1) is 13.3. The van der Waals surface area contributed by atoms with Gasteiger partial charge in [0.2, 0.25) is 0 Å². The molecule has 0 aliphatic heterocycles. The zero-order chi connectivity index (χ0) is 20.3. The molecule has 0 fully saturated rings. The quantitative estimate of drug-likeness (QED) is 0.114. The summed E-state index contributed by atoms with van der Waals surface area (Å²) in [6.07, 6.45) is 0. The molecule has 146 valence electrons. The molecule has 0 amide bonds. The van der Waals surface area contributed by atoms with E-state index in [1.54, 1.807) is 24.3 Å². The van der Waals surface area contributed by atoms with Crippen LogP contribution in [-0.4, -0.2) is 18.2 Å². The van der Waals surface area contributed by atoms with Gasteiger partial charge in [0.1, 0.15) is 10.6 Å². The Balaban J connectivity index is 2.15. The molecule has 0 saturated carbocycles. The average molecular weight is 422 g/mol. The van der Waals surface area contributed by atoms with Crippen LogP contribution in [0.25, 0.3) is 10.8 Å². The SMILES string of the molecule is Nc1ccc(N=Nc2cc(S(=O)(=O)O)c3cccc(SOOO)c3c2)c(N)c1. The molecule has 0 radical (unpaired) electrons. The molecule has 10 nitrogen and oxygen atoms in total. The monoisotopic (exact) mass is 422 g/mol. The van der Waals surface area contributed by atoms with Gasteiger partial charge in [-0.2, -0.15) is 13.5 Å². The maximum absolute atomic E-state index is 11.8. The fraction of sp³-hybridized carbons (Fsp3) is 0. The molecule has 0 aliphatic carbocycles. The number of nitrogens with zero attached hydrogens (tertiary/aromatic N) is 2. The Morgan fingerprint density at radius 2 is 1.79 bits per heavy atom. The van der Waals surface area contributed by atoms with Crippen molar-refractivity contribution in [2.75, 3.05) is 11.5 Å². The van der Waals surface area contributed by atoms with Crippen LogP contribution in [0.2, 0.25) is 0 Å². The number of hydrogen-bond donors (Lipinski definition) is 4. The van der Waals surface area contributed by atoms with Crippen molar-refractivity contribution >= 4 is 55.7 Å². The molecule has 0 atom stereocenters. The van der Waals surface area contributed by atoms with Crippen LogP contribution in [0.1, 0.15) is 0 Å². The van der Waals surface area contributed by atoms with Gasteiger partial charge < -0.3 is 11.5 Å². The molecule has 6 N–H and O–H groups in total. The summed E-state index contributed by atoms with van der Waals surface area (Å²) in [6, 6.07) is 12.0. The Kier molecular flexibility index (Phi) is 5.79. The van der Waals surface area contributed by atoms with Gasteiger partial charge in [0.05, 0.1) is 23.4 Å². The van der Waals surface area contributed by atoms with Crippen molar-refractivity contribution in [3.63, 3.8) is 0 Å². The number of benzene rings is 3. The fourth-order valence-electron chi connectivity index (χ4n) is 2.48. The highest BCUT2D eigenvalue weighted by atomic mass is 32.2. The average Bonchev–Trinajstić information content (AvgIpc) is 2.64. The second-order valence-corrected chi connectivity index (χ2v) is 7.65. The van der Waals surface area contributed by atoms with Gasteiger partial charge in [-0.1, -0.05) is 17.2 Å². The third kappa shape index (κ3) is 4.39. The maximum atomic E-state index is 11.8. The molecular formula is C16H14N4O6S2. The molecule has 0 aromatic heterocycles. The highest BCUT2D eigenvalue weighted by Gasteiger charge is 2.18. The number of anilines is 2. The Morgan fingerprint density at radius 3 is 2.46 bits per heavy atom. The molecule has 3 aromatic carbocycles. The van der Waals surface area contributed by atoms with Crippen LogP contribution < -0.4 is 11.5 Å². The van der Waals surface area contributed by atoms with E-state index >= 15 is 0 Å². The summed E-state index contributed by atoms with van der Waals surface area (Å²) >= 11 is 0.642. The van der Waals surface area contributed by atoms with Gasteiger partial charge in [-0.3, -0.25) is 4.55 Å². The van der Waals surface area contributed by atoms with Crippen molar-refractivity contribution in [1.29, 1.82) is 0 Å². The minimum atomic E-state index is -4.56. The highest BCUT2D eigenvalue weighted by molar-refractivity contribution is 7.94. The lowest BCUT2D eigenvalue weighted by molar-refractivity contribution is -0.432. The van der Waals surface area contributed by atoms with Crippen LogP contribution >= 0.6 is 12.0 Å². The summed E-state index contributed by atoms with van der Waals surface area (Å²) in [6.45, 7) is 0. The second-order valence-electron chi connectivity index (χ2n) is 5.51. The first-order valence-electron chi connectivity index (χ1n) is 7.55. The Labute approximate surface area is 163 Å². The molecular weight excluding hydrogens is 408 g/mol. The van der Waals surface area contributed by atoms with Crippen molar-refractivity contribution in [1.82, 2.24) is 0 Å². The van der Waals surface area contributed by atoms with Gasteiger partial charge in [-0.25, -0.2) is 5.26 Å². The minimum absolute atomic E-state index is 0.134. The van der Waals surface area contributed by atoms with E-state index in [1.165, 1.54) is 24.3 Å². The van der Waals surface area contributed by atoms with Crippen LogP contribution in [0.4, 0.5) is 22.7 Å². The molecule has 0 unspecified atom stereocenters. The molecule has 0 heterocycles.